The molecule has 0 aliphatic rings. The van der Waals surface area contributed by atoms with E-state index in [1.807, 2.05) is 26.0 Å². The largest absolute Gasteiger partial charge is 0.508 e. The van der Waals surface area contributed by atoms with Crippen LogP contribution < -0.4 is 4.74 Å². The molecule has 0 aliphatic heterocycles. The molecule has 0 bridgehead atoms. The highest BCUT2D eigenvalue weighted by molar-refractivity contribution is 5.55. The lowest BCUT2D eigenvalue weighted by Crippen LogP contribution is -1.94. The number of nitrogens with zero attached hydrogens (tertiary/aromatic N) is 2. The molecule has 0 aromatic heterocycles. The van der Waals surface area contributed by atoms with E-state index in [-0.39, 0.29) is 17.4 Å². The fourth-order valence-corrected chi connectivity index (χ4v) is 2.00. The van der Waals surface area contributed by atoms with Gasteiger partial charge in [-0.1, -0.05) is 19.9 Å². The lowest BCUT2D eigenvalue weighted by Gasteiger charge is -2.13. The molecule has 4 nitrogen and oxygen atoms in total. The van der Waals surface area contributed by atoms with Gasteiger partial charge in [-0.15, -0.1) is 0 Å². The summed E-state index contributed by atoms with van der Waals surface area (Å²) in [4.78, 5) is 0. The summed E-state index contributed by atoms with van der Waals surface area (Å²) in [5.41, 5.74) is 1.35. The zero-order valence-corrected chi connectivity index (χ0v) is 11.8. The fraction of sp³-hybridized carbons (Fsp3) is 0.176. The maximum atomic E-state index is 9.81. The molecule has 0 radical (unpaired) electrons. The van der Waals surface area contributed by atoms with E-state index >= 15 is 0 Å². The molecule has 0 amide bonds. The third-order valence-electron chi connectivity index (χ3n) is 3.10. The van der Waals surface area contributed by atoms with Crippen molar-refractivity contribution in [2.24, 2.45) is 0 Å². The molecule has 0 heterocycles. The summed E-state index contributed by atoms with van der Waals surface area (Å²) in [5.74, 6) is 1.06. The van der Waals surface area contributed by atoms with Crippen molar-refractivity contribution in [1.29, 1.82) is 10.5 Å². The highest BCUT2D eigenvalue weighted by Crippen LogP contribution is 2.33. The molecule has 2 rings (SSSR count). The van der Waals surface area contributed by atoms with E-state index < -0.39 is 0 Å². The van der Waals surface area contributed by atoms with Gasteiger partial charge in [-0.2, -0.15) is 10.5 Å². The summed E-state index contributed by atoms with van der Waals surface area (Å²) >= 11 is 0. The van der Waals surface area contributed by atoms with Crippen LogP contribution in [0.3, 0.4) is 0 Å². The molecule has 0 fully saturated rings. The highest BCUT2D eigenvalue weighted by atomic mass is 16.5. The minimum absolute atomic E-state index is 0.134. The van der Waals surface area contributed by atoms with Crippen LogP contribution in [-0.2, 0) is 0 Å². The summed E-state index contributed by atoms with van der Waals surface area (Å²) in [5, 5.41) is 28.1. The van der Waals surface area contributed by atoms with Gasteiger partial charge in [0.25, 0.3) is 0 Å². The van der Waals surface area contributed by atoms with E-state index in [0.717, 1.165) is 5.56 Å². The van der Waals surface area contributed by atoms with Crippen LogP contribution in [-0.4, -0.2) is 5.11 Å². The van der Waals surface area contributed by atoms with Gasteiger partial charge in [0.05, 0.1) is 11.1 Å². The third kappa shape index (κ3) is 2.96. The van der Waals surface area contributed by atoms with Gasteiger partial charge in [-0.3, -0.25) is 0 Å². The van der Waals surface area contributed by atoms with E-state index in [0.29, 0.717) is 16.9 Å². The molecule has 0 saturated carbocycles. The Hall–Kier alpha value is -2.98. The Bertz CT molecular complexity index is 720. The van der Waals surface area contributed by atoms with E-state index in [1.54, 1.807) is 36.4 Å². The molecule has 0 atom stereocenters. The van der Waals surface area contributed by atoms with Crippen LogP contribution in [0, 0.1) is 22.7 Å². The van der Waals surface area contributed by atoms with Crippen molar-refractivity contribution < 1.29 is 9.84 Å². The second-order valence-corrected chi connectivity index (χ2v) is 4.88. The molecule has 0 unspecified atom stereocenters. The SMILES string of the molecule is CC(C)c1cc(Oc2c(C#N)cccc2C#N)ccc1O. The fourth-order valence-electron chi connectivity index (χ4n) is 2.00. The zero-order valence-electron chi connectivity index (χ0n) is 11.8. The quantitative estimate of drug-likeness (QED) is 0.918. The highest BCUT2D eigenvalue weighted by Gasteiger charge is 2.13. The van der Waals surface area contributed by atoms with Crippen LogP contribution >= 0.6 is 0 Å². The van der Waals surface area contributed by atoms with Crippen LogP contribution in [0.15, 0.2) is 36.4 Å². The summed E-state index contributed by atoms with van der Waals surface area (Å²) in [6.45, 7) is 3.92. The lowest BCUT2D eigenvalue weighted by molar-refractivity contribution is 0.454. The number of ether oxygens (including phenoxy) is 1. The van der Waals surface area contributed by atoms with Crippen LogP contribution in [0.2, 0.25) is 0 Å². The van der Waals surface area contributed by atoms with E-state index in [1.165, 1.54) is 0 Å². The standard InChI is InChI=1S/C17H14N2O2/c1-11(2)15-8-14(6-7-16(15)20)21-17-12(9-18)4-3-5-13(17)10-19/h3-8,11,20H,1-2H3. The summed E-state index contributed by atoms with van der Waals surface area (Å²) in [6.07, 6.45) is 0. The first kappa shape index (κ1) is 14.4. The van der Waals surface area contributed by atoms with Gasteiger partial charge in [-0.25, -0.2) is 0 Å². The Morgan fingerprint density at radius 2 is 1.67 bits per heavy atom. The van der Waals surface area contributed by atoms with Gasteiger partial charge in [0.1, 0.15) is 23.6 Å². The van der Waals surface area contributed by atoms with Gasteiger partial charge in [-0.05, 0) is 36.2 Å². The molecule has 2 aromatic carbocycles. The molecule has 4 heteroatoms. The van der Waals surface area contributed by atoms with Crippen molar-refractivity contribution in [3.05, 3.63) is 53.1 Å². The summed E-state index contributed by atoms with van der Waals surface area (Å²) in [7, 11) is 0. The molecule has 104 valence electrons. The number of rotatable bonds is 3. The van der Waals surface area contributed by atoms with Gasteiger partial charge in [0, 0.05) is 5.56 Å². The van der Waals surface area contributed by atoms with Crippen molar-refractivity contribution >= 4 is 0 Å². The first-order valence-corrected chi connectivity index (χ1v) is 6.50. The van der Waals surface area contributed by atoms with E-state index in [4.69, 9.17) is 15.3 Å². The molecule has 2 aromatic rings. The Balaban J connectivity index is 2.47. The van der Waals surface area contributed by atoms with Crippen LogP contribution in [0.25, 0.3) is 0 Å². The minimum Gasteiger partial charge on any atom is -0.508 e. The molecule has 0 spiro atoms. The molecule has 0 saturated heterocycles. The Labute approximate surface area is 123 Å². The van der Waals surface area contributed by atoms with E-state index in [2.05, 4.69) is 0 Å². The number of hydrogen-bond donors (Lipinski definition) is 1. The number of phenolic OH excluding ortho intramolecular Hbond substituents is 1. The smallest absolute Gasteiger partial charge is 0.162 e. The van der Waals surface area contributed by atoms with Gasteiger partial charge >= 0.3 is 0 Å². The first-order valence-electron chi connectivity index (χ1n) is 6.50. The minimum atomic E-state index is 0.134. The lowest BCUT2D eigenvalue weighted by atomic mass is 10.0. The van der Waals surface area contributed by atoms with Crippen molar-refractivity contribution in [3.8, 4) is 29.4 Å². The summed E-state index contributed by atoms with van der Waals surface area (Å²) in [6, 6.07) is 13.7. The maximum absolute atomic E-state index is 9.81. The first-order chi connectivity index (χ1) is 10.1. The molecule has 0 aliphatic carbocycles. The Morgan fingerprint density at radius 1 is 1.05 bits per heavy atom. The zero-order chi connectivity index (χ0) is 15.4. The second-order valence-electron chi connectivity index (χ2n) is 4.88. The molecule has 1 N–H and O–H groups in total. The molecular formula is C17H14N2O2. The number of para-hydroxylation sites is 1. The van der Waals surface area contributed by atoms with Crippen molar-refractivity contribution in [3.63, 3.8) is 0 Å². The topological polar surface area (TPSA) is 77.0 Å². The van der Waals surface area contributed by atoms with Gasteiger partial charge in [0.2, 0.25) is 0 Å². The van der Waals surface area contributed by atoms with Crippen molar-refractivity contribution in [1.82, 2.24) is 0 Å². The van der Waals surface area contributed by atoms with Crippen molar-refractivity contribution in [2.75, 3.05) is 0 Å². The normalized spacial score (nSPS) is 9.95. The number of phenols is 1. The molecule has 21 heavy (non-hydrogen) atoms. The third-order valence-corrected chi connectivity index (χ3v) is 3.10. The number of benzene rings is 2. The second kappa shape index (κ2) is 5.98. The maximum Gasteiger partial charge on any atom is 0.162 e. The van der Waals surface area contributed by atoms with Crippen molar-refractivity contribution in [2.45, 2.75) is 19.8 Å². The van der Waals surface area contributed by atoms with Crippen LogP contribution in [0.4, 0.5) is 0 Å². The number of nitriles is 2. The van der Waals surface area contributed by atoms with Gasteiger partial charge in [0.15, 0.2) is 5.75 Å². The van der Waals surface area contributed by atoms with Crippen LogP contribution in [0.1, 0.15) is 36.5 Å². The molecular weight excluding hydrogens is 264 g/mol. The predicted octanol–water partition coefficient (Wildman–Crippen LogP) is 4.05. The summed E-state index contributed by atoms with van der Waals surface area (Å²) < 4.78 is 5.71. The number of hydrogen-bond acceptors (Lipinski definition) is 4. The van der Waals surface area contributed by atoms with Crippen LogP contribution in [0.5, 0.6) is 17.2 Å². The Morgan fingerprint density at radius 3 is 2.19 bits per heavy atom. The average Bonchev–Trinajstić information content (AvgIpc) is 2.49. The monoisotopic (exact) mass is 278 g/mol. The van der Waals surface area contributed by atoms with Gasteiger partial charge < -0.3 is 9.84 Å². The predicted molar refractivity (Wildman–Crippen MR) is 78.1 cm³/mol. The Kier molecular flexibility index (Phi) is 4.11. The van der Waals surface area contributed by atoms with E-state index in [9.17, 15) is 5.11 Å². The number of aromatic hydroxyl groups is 1. The average molecular weight is 278 g/mol.